The van der Waals surface area contributed by atoms with Crippen molar-refractivity contribution in [1.82, 2.24) is 5.32 Å². The van der Waals surface area contributed by atoms with E-state index in [4.69, 9.17) is 0 Å². The van der Waals surface area contributed by atoms with Gasteiger partial charge in [0, 0.05) is 5.75 Å². The number of thioether (sulfide) groups is 1. The van der Waals surface area contributed by atoms with Gasteiger partial charge in [-0.1, -0.05) is 87.4 Å². The van der Waals surface area contributed by atoms with Crippen LogP contribution in [0.15, 0.2) is 42.5 Å². The summed E-state index contributed by atoms with van der Waals surface area (Å²) < 4.78 is 0. The number of aliphatic carboxylic acids is 1. The summed E-state index contributed by atoms with van der Waals surface area (Å²) in [5.74, 6) is 0.210. The van der Waals surface area contributed by atoms with Gasteiger partial charge >= 0.3 is 5.97 Å². The van der Waals surface area contributed by atoms with Gasteiger partial charge in [-0.25, -0.2) is 0 Å². The minimum absolute atomic E-state index is 0.0394. The Morgan fingerprint density at radius 1 is 0.929 bits per heavy atom. The predicted octanol–water partition coefficient (Wildman–Crippen LogP) is 6.14. The van der Waals surface area contributed by atoms with Crippen molar-refractivity contribution in [1.29, 1.82) is 0 Å². The summed E-state index contributed by atoms with van der Waals surface area (Å²) in [6.45, 7) is 0. The van der Waals surface area contributed by atoms with E-state index in [-0.39, 0.29) is 11.3 Å². The SMILES string of the molecule is O=C(O)C1(C2CCCCCCCCC2)CSC(c2cccc3ccccc23)N1. The minimum atomic E-state index is -0.800. The minimum Gasteiger partial charge on any atom is -0.480 e. The van der Waals surface area contributed by atoms with Crippen molar-refractivity contribution >= 4 is 28.5 Å². The molecule has 0 amide bonds. The monoisotopic (exact) mass is 397 g/mol. The number of fused-ring (bicyclic) bond motifs is 1. The third kappa shape index (κ3) is 3.95. The van der Waals surface area contributed by atoms with Crippen LogP contribution in [0, 0.1) is 5.92 Å². The first-order valence-corrected chi connectivity index (χ1v) is 11.9. The maximum Gasteiger partial charge on any atom is 0.325 e. The van der Waals surface area contributed by atoms with Crippen molar-refractivity contribution in [2.24, 2.45) is 5.92 Å². The molecule has 2 atom stereocenters. The molecular weight excluding hydrogens is 366 g/mol. The molecule has 2 fully saturated rings. The Bertz CT molecular complexity index is 808. The molecule has 2 aromatic carbocycles. The molecule has 2 unspecified atom stereocenters. The van der Waals surface area contributed by atoms with Crippen LogP contribution in [0.2, 0.25) is 0 Å². The van der Waals surface area contributed by atoms with Gasteiger partial charge < -0.3 is 5.11 Å². The Morgan fingerprint density at radius 3 is 2.29 bits per heavy atom. The molecule has 4 heteroatoms. The van der Waals surface area contributed by atoms with E-state index in [1.54, 1.807) is 11.8 Å². The van der Waals surface area contributed by atoms with E-state index in [9.17, 15) is 9.90 Å². The van der Waals surface area contributed by atoms with E-state index in [2.05, 4.69) is 47.8 Å². The van der Waals surface area contributed by atoms with Gasteiger partial charge in [-0.15, -0.1) is 11.8 Å². The molecule has 150 valence electrons. The van der Waals surface area contributed by atoms with Crippen molar-refractivity contribution in [2.45, 2.75) is 68.7 Å². The van der Waals surface area contributed by atoms with Crippen molar-refractivity contribution in [3.05, 3.63) is 48.0 Å². The molecule has 1 saturated carbocycles. The summed E-state index contributed by atoms with van der Waals surface area (Å²) in [5.41, 5.74) is 0.414. The summed E-state index contributed by atoms with van der Waals surface area (Å²) in [6.07, 6.45) is 10.8. The topological polar surface area (TPSA) is 49.3 Å². The highest BCUT2D eigenvalue weighted by atomic mass is 32.2. The molecule has 1 aliphatic heterocycles. The number of carboxylic acids is 1. The fourth-order valence-electron chi connectivity index (χ4n) is 5.01. The van der Waals surface area contributed by atoms with E-state index in [0.717, 1.165) is 25.7 Å². The van der Waals surface area contributed by atoms with Crippen LogP contribution in [0.4, 0.5) is 0 Å². The molecule has 2 aliphatic rings. The molecule has 28 heavy (non-hydrogen) atoms. The summed E-state index contributed by atoms with van der Waals surface area (Å²) in [6, 6.07) is 14.8. The molecule has 3 nitrogen and oxygen atoms in total. The number of nitrogens with one attached hydrogen (secondary N) is 1. The van der Waals surface area contributed by atoms with Crippen LogP contribution in [-0.2, 0) is 4.79 Å². The van der Waals surface area contributed by atoms with Gasteiger partial charge in [-0.2, -0.15) is 0 Å². The third-order valence-electron chi connectivity index (χ3n) is 6.66. The number of hydrogen-bond acceptors (Lipinski definition) is 3. The highest BCUT2D eigenvalue weighted by Gasteiger charge is 2.51. The van der Waals surface area contributed by atoms with E-state index in [1.165, 1.54) is 48.4 Å². The summed E-state index contributed by atoms with van der Waals surface area (Å²) >= 11 is 1.77. The number of hydrogen-bond donors (Lipinski definition) is 2. The lowest BCUT2D eigenvalue weighted by molar-refractivity contribution is -0.146. The summed E-state index contributed by atoms with van der Waals surface area (Å²) in [4.78, 5) is 12.5. The van der Waals surface area contributed by atoms with Crippen LogP contribution >= 0.6 is 11.8 Å². The molecule has 0 spiro atoms. The molecule has 1 heterocycles. The molecular formula is C24H31NO2S. The van der Waals surface area contributed by atoms with Crippen LogP contribution in [0.5, 0.6) is 0 Å². The molecule has 4 rings (SSSR count). The van der Waals surface area contributed by atoms with Gasteiger partial charge in [0.2, 0.25) is 0 Å². The normalized spacial score (nSPS) is 27.6. The summed E-state index contributed by atoms with van der Waals surface area (Å²) in [5, 5.41) is 16.4. The molecule has 2 N–H and O–H groups in total. The smallest absolute Gasteiger partial charge is 0.325 e. The van der Waals surface area contributed by atoms with Crippen LogP contribution in [0.1, 0.15) is 68.7 Å². The first-order valence-electron chi connectivity index (χ1n) is 10.8. The van der Waals surface area contributed by atoms with E-state index in [1.807, 2.05) is 0 Å². The number of benzene rings is 2. The van der Waals surface area contributed by atoms with Crippen LogP contribution in [0.25, 0.3) is 10.8 Å². The van der Waals surface area contributed by atoms with E-state index < -0.39 is 11.5 Å². The standard InChI is InChI=1S/C24H31NO2S/c26-23(27)24(19-13-6-4-2-1-3-5-7-14-19)17-28-22(25-24)21-16-10-12-18-11-8-9-15-20(18)21/h8-12,15-16,19,22,25H,1-7,13-14,17H2,(H,26,27). The van der Waals surface area contributed by atoms with Crippen molar-refractivity contribution < 1.29 is 9.90 Å². The number of carbonyl (C=O) groups is 1. The Morgan fingerprint density at radius 2 is 1.57 bits per heavy atom. The van der Waals surface area contributed by atoms with Gasteiger partial charge in [0.15, 0.2) is 0 Å². The maximum atomic E-state index is 12.5. The fourth-order valence-corrected chi connectivity index (χ4v) is 6.57. The first kappa shape index (κ1) is 19.8. The first-order chi connectivity index (χ1) is 13.7. The Kier molecular flexibility index (Phi) is 6.27. The zero-order chi connectivity index (χ0) is 19.4. The average Bonchev–Trinajstić information content (AvgIpc) is 3.18. The zero-order valence-corrected chi connectivity index (χ0v) is 17.3. The lowest BCUT2D eigenvalue weighted by Gasteiger charge is -2.35. The Balaban J connectivity index is 1.60. The summed E-state index contributed by atoms with van der Waals surface area (Å²) in [7, 11) is 0. The van der Waals surface area contributed by atoms with Crippen molar-refractivity contribution in [3.8, 4) is 0 Å². The van der Waals surface area contributed by atoms with Gasteiger partial charge in [0.05, 0.1) is 5.37 Å². The second-order valence-electron chi connectivity index (χ2n) is 8.43. The quantitative estimate of drug-likeness (QED) is 0.653. The predicted molar refractivity (Wildman–Crippen MR) is 118 cm³/mol. The largest absolute Gasteiger partial charge is 0.480 e. The van der Waals surface area contributed by atoms with E-state index >= 15 is 0 Å². The molecule has 1 aliphatic carbocycles. The molecule has 0 aromatic heterocycles. The Labute approximate surface area is 172 Å². The molecule has 1 saturated heterocycles. The maximum absolute atomic E-state index is 12.5. The highest BCUT2D eigenvalue weighted by molar-refractivity contribution is 7.99. The van der Waals surface area contributed by atoms with Gasteiger partial charge in [0.1, 0.15) is 5.54 Å². The number of rotatable bonds is 3. The molecule has 2 aromatic rings. The molecule has 0 radical (unpaired) electrons. The van der Waals surface area contributed by atoms with Crippen molar-refractivity contribution in [3.63, 3.8) is 0 Å². The Hall–Kier alpha value is -1.52. The van der Waals surface area contributed by atoms with Crippen molar-refractivity contribution in [2.75, 3.05) is 5.75 Å². The van der Waals surface area contributed by atoms with Crippen LogP contribution < -0.4 is 5.32 Å². The van der Waals surface area contributed by atoms with Crippen LogP contribution in [0.3, 0.4) is 0 Å². The second-order valence-corrected chi connectivity index (χ2v) is 9.52. The van der Waals surface area contributed by atoms with E-state index in [0.29, 0.717) is 5.75 Å². The van der Waals surface area contributed by atoms with Gasteiger partial charge in [-0.3, -0.25) is 10.1 Å². The van der Waals surface area contributed by atoms with Gasteiger partial charge in [-0.05, 0) is 35.1 Å². The number of carboxylic acid groups (broad SMARTS) is 1. The lowest BCUT2D eigenvalue weighted by atomic mass is 9.77. The zero-order valence-electron chi connectivity index (χ0n) is 16.5. The third-order valence-corrected chi connectivity index (χ3v) is 7.98. The molecule has 0 bridgehead atoms. The fraction of sp³-hybridized carbons (Fsp3) is 0.542. The highest BCUT2D eigenvalue weighted by Crippen LogP contribution is 2.45. The second kappa shape index (κ2) is 8.87. The van der Waals surface area contributed by atoms with Crippen LogP contribution in [-0.4, -0.2) is 22.4 Å². The average molecular weight is 398 g/mol. The van der Waals surface area contributed by atoms with Gasteiger partial charge in [0.25, 0.3) is 0 Å². The lowest BCUT2D eigenvalue weighted by Crippen LogP contribution is -2.56.